The number of hydrogen-bond acceptors (Lipinski definition) is 4. The Morgan fingerprint density at radius 2 is 2.19 bits per heavy atom. The third-order valence-corrected chi connectivity index (χ3v) is 4.02. The number of nitrogens with two attached hydrogens (primary N) is 1. The van der Waals surface area contributed by atoms with Gasteiger partial charge in [0.05, 0.1) is 17.3 Å². The molecular formula is C14H23N5O2. The first-order valence-corrected chi connectivity index (χ1v) is 7.31. The van der Waals surface area contributed by atoms with Crippen LogP contribution in [0.2, 0.25) is 0 Å². The van der Waals surface area contributed by atoms with Crippen LogP contribution in [-0.2, 0) is 18.3 Å². The molecule has 1 fully saturated rings. The van der Waals surface area contributed by atoms with Crippen LogP contribution < -0.4 is 11.1 Å². The van der Waals surface area contributed by atoms with E-state index in [9.17, 15) is 9.59 Å². The van der Waals surface area contributed by atoms with Crippen molar-refractivity contribution in [3.63, 3.8) is 0 Å². The molecular weight excluding hydrogens is 270 g/mol. The van der Waals surface area contributed by atoms with Crippen LogP contribution in [0, 0.1) is 5.92 Å². The van der Waals surface area contributed by atoms with Gasteiger partial charge in [-0.15, -0.1) is 0 Å². The SMILES string of the molecule is CCc1nn(C)c(C(=O)N2CCCC(C(=O)NC)C2)c1N. The van der Waals surface area contributed by atoms with Gasteiger partial charge < -0.3 is 16.0 Å². The van der Waals surface area contributed by atoms with Crippen LogP contribution in [0.1, 0.15) is 35.9 Å². The first kappa shape index (κ1) is 15.3. The largest absolute Gasteiger partial charge is 0.395 e. The van der Waals surface area contributed by atoms with Gasteiger partial charge in [-0.2, -0.15) is 5.10 Å². The van der Waals surface area contributed by atoms with Gasteiger partial charge in [-0.1, -0.05) is 6.92 Å². The van der Waals surface area contributed by atoms with Gasteiger partial charge in [0.15, 0.2) is 0 Å². The Labute approximate surface area is 124 Å². The molecule has 7 heteroatoms. The number of amides is 2. The summed E-state index contributed by atoms with van der Waals surface area (Å²) in [5.41, 5.74) is 7.64. The lowest BCUT2D eigenvalue weighted by Gasteiger charge is -2.31. The number of rotatable bonds is 3. The molecule has 1 aromatic heterocycles. The number of hydrogen-bond donors (Lipinski definition) is 2. The molecule has 2 amide bonds. The lowest BCUT2D eigenvalue weighted by molar-refractivity contribution is -0.125. The van der Waals surface area contributed by atoms with Gasteiger partial charge in [0, 0.05) is 27.2 Å². The van der Waals surface area contributed by atoms with Crippen LogP contribution in [0.5, 0.6) is 0 Å². The van der Waals surface area contributed by atoms with Gasteiger partial charge in [-0.25, -0.2) is 0 Å². The summed E-state index contributed by atoms with van der Waals surface area (Å²) in [5.74, 6) is -0.302. The third kappa shape index (κ3) is 2.86. The summed E-state index contributed by atoms with van der Waals surface area (Å²) in [6, 6.07) is 0. The molecule has 1 aromatic rings. The Kier molecular flexibility index (Phi) is 4.50. The molecule has 1 aliphatic heterocycles. The molecule has 0 radical (unpaired) electrons. The van der Waals surface area contributed by atoms with Gasteiger partial charge in [-0.05, 0) is 19.3 Å². The van der Waals surface area contributed by atoms with Crippen molar-refractivity contribution in [1.82, 2.24) is 20.0 Å². The minimum atomic E-state index is -0.146. The van der Waals surface area contributed by atoms with E-state index in [2.05, 4.69) is 10.4 Å². The van der Waals surface area contributed by atoms with Crippen LogP contribution in [0.4, 0.5) is 5.69 Å². The molecule has 0 saturated carbocycles. The van der Waals surface area contributed by atoms with E-state index in [1.807, 2.05) is 6.92 Å². The maximum absolute atomic E-state index is 12.7. The summed E-state index contributed by atoms with van der Waals surface area (Å²) >= 11 is 0. The highest BCUT2D eigenvalue weighted by Gasteiger charge is 2.31. The van der Waals surface area contributed by atoms with E-state index >= 15 is 0 Å². The highest BCUT2D eigenvalue weighted by Crippen LogP contribution is 2.23. The Hall–Kier alpha value is -2.05. The Balaban J connectivity index is 2.20. The van der Waals surface area contributed by atoms with E-state index in [1.54, 1.807) is 23.7 Å². The van der Waals surface area contributed by atoms with Crippen LogP contribution >= 0.6 is 0 Å². The zero-order chi connectivity index (χ0) is 15.6. The second-order valence-corrected chi connectivity index (χ2v) is 5.39. The van der Waals surface area contributed by atoms with Crippen molar-refractivity contribution in [2.75, 3.05) is 25.9 Å². The van der Waals surface area contributed by atoms with Crippen LogP contribution in [-0.4, -0.2) is 46.6 Å². The van der Waals surface area contributed by atoms with E-state index in [0.29, 0.717) is 30.9 Å². The van der Waals surface area contributed by atoms with Crippen molar-refractivity contribution < 1.29 is 9.59 Å². The number of nitrogen functional groups attached to an aromatic ring is 1. The molecule has 0 spiro atoms. The zero-order valence-electron chi connectivity index (χ0n) is 12.8. The van der Waals surface area contributed by atoms with Crippen LogP contribution in [0.15, 0.2) is 0 Å². The second kappa shape index (κ2) is 6.15. The number of aryl methyl sites for hydroxylation is 2. The molecule has 116 valence electrons. The fraction of sp³-hybridized carbons (Fsp3) is 0.643. The maximum Gasteiger partial charge on any atom is 0.274 e. The van der Waals surface area contributed by atoms with Gasteiger partial charge in [0.1, 0.15) is 5.69 Å². The quantitative estimate of drug-likeness (QED) is 0.830. The number of aromatic nitrogens is 2. The van der Waals surface area contributed by atoms with Crippen molar-refractivity contribution in [3.8, 4) is 0 Å². The topological polar surface area (TPSA) is 93.2 Å². The molecule has 0 bridgehead atoms. The molecule has 7 nitrogen and oxygen atoms in total. The van der Waals surface area contributed by atoms with Crippen molar-refractivity contribution in [2.24, 2.45) is 13.0 Å². The molecule has 1 atom stereocenters. The maximum atomic E-state index is 12.7. The molecule has 3 N–H and O–H groups in total. The van der Waals surface area contributed by atoms with Crippen molar-refractivity contribution in [1.29, 1.82) is 0 Å². The third-order valence-electron chi connectivity index (χ3n) is 4.02. The molecule has 1 saturated heterocycles. The van der Waals surface area contributed by atoms with Gasteiger partial charge in [0.25, 0.3) is 5.91 Å². The Bertz CT molecular complexity index is 552. The lowest BCUT2D eigenvalue weighted by Crippen LogP contribution is -2.45. The number of nitrogens with one attached hydrogen (secondary N) is 1. The summed E-state index contributed by atoms with van der Waals surface area (Å²) in [7, 11) is 3.35. The molecule has 1 aliphatic rings. The minimum absolute atomic E-state index is 0.0141. The van der Waals surface area contributed by atoms with E-state index in [4.69, 9.17) is 5.73 Å². The standard InChI is InChI=1S/C14H23N5O2/c1-4-10-11(15)12(18(3)17-10)14(21)19-7-5-6-9(8-19)13(20)16-2/h9H,4-8,15H2,1-3H3,(H,16,20). The molecule has 1 unspecified atom stereocenters. The normalized spacial score (nSPS) is 18.6. The smallest absolute Gasteiger partial charge is 0.274 e. The number of carbonyl (C=O) groups excluding carboxylic acids is 2. The highest BCUT2D eigenvalue weighted by molar-refractivity contribution is 5.98. The van der Waals surface area contributed by atoms with E-state index in [1.165, 1.54) is 0 Å². The fourth-order valence-electron chi connectivity index (χ4n) is 2.84. The van der Waals surface area contributed by atoms with E-state index < -0.39 is 0 Å². The average molecular weight is 293 g/mol. The summed E-state index contributed by atoms with van der Waals surface area (Å²) in [4.78, 5) is 26.1. The fourth-order valence-corrected chi connectivity index (χ4v) is 2.84. The molecule has 21 heavy (non-hydrogen) atoms. The molecule has 0 aromatic carbocycles. The summed E-state index contributed by atoms with van der Waals surface area (Å²) < 4.78 is 1.54. The Morgan fingerprint density at radius 1 is 1.48 bits per heavy atom. The number of nitrogens with zero attached hydrogens (tertiary/aromatic N) is 3. The van der Waals surface area contributed by atoms with Crippen molar-refractivity contribution in [3.05, 3.63) is 11.4 Å². The number of likely N-dealkylation sites (tertiary alicyclic amines) is 1. The van der Waals surface area contributed by atoms with Gasteiger partial charge in [0.2, 0.25) is 5.91 Å². The zero-order valence-corrected chi connectivity index (χ0v) is 12.8. The molecule has 0 aliphatic carbocycles. The summed E-state index contributed by atoms with van der Waals surface area (Å²) in [6.45, 7) is 3.04. The predicted molar refractivity (Wildman–Crippen MR) is 79.7 cm³/mol. The monoisotopic (exact) mass is 293 g/mol. The van der Waals surface area contributed by atoms with E-state index in [-0.39, 0.29) is 17.7 Å². The number of anilines is 1. The summed E-state index contributed by atoms with van der Waals surface area (Å²) in [5, 5.41) is 6.93. The van der Waals surface area contributed by atoms with E-state index in [0.717, 1.165) is 18.5 Å². The first-order valence-electron chi connectivity index (χ1n) is 7.31. The van der Waals surface area contributed by atoms with Crippen molar-refractivity contribution in [2.45, 2.75) is 26.2 Å². The lowest BCUT2D eigenvalue weighted by atomic mass is 9.97. The Morgan fingerprint density at radius 3 is 2.76 bits per heavy atom. The van der Waals surface area contributed by atoms with Crippen molar-refractivity contribution >= 4 is 17.5 Å². The highest BCUT2D eigenvalue weighted by atomic mass is 16.2. The van der Waals surface area contributed by atoms with Crippen LogP contribution in [0.3, 0.4) is 0 Å². The van der Waals surface area contributed by atoms with Crippen LogP contribution in [0.25, 0.3) is 0 Å². The first-order chi connectivity index (χ1) is 9.99. The number of piperidine rings is 1. The molecule has 2 rings (SSSR count). The van der Waals surface area contributed by atoms with Gasteiger partial charge in [-0.3, -0.25) is 14.3 Å². The number of carbonyl (C=O) groups is 2. The van der Waals surface area contributed by atoms with Gasteiger partial charge >= 0.3 is 0 Å². The predicted octanol–water partition coefficient (Wildman–Crippen LogP) is 0.163. The summed E-state index contributed by atoms with van der Waals surface area (Å²) in [6.07, 6.45) is 2.32. The minimum Gasteiger partial charge on any atom is -0.395 e. The average Bonchev–Trinajstić information content (AvgIpc) is 2.80. The molecule has 2 heterocycles. The second-order valence-electron chi connectivity index (χ2n) is 5.39.